The normalized spacial score (nSPS) is 21.5. The molecule has 0 unspecified atom stereocenters. The summed E-state index contributed by atoms with van der Waals surface area (Å²) in [5.41, 5.74) is 6.71. The summed E-state index contributed by atoms with van der Waals surface area (Å²) in [6, 6.07) is 13.0. The highest BCUT2D eigenvalue weighted by Gasteiger charge is 2.39. The highest BCUT2D eigenvalue weighted by atomic mass is 16.5. The number of benzene rings is 2. The van der Waals surface area contributed by atoms with E-state index in [4.69, 9.17) is 10.5 Å². The highest BCUT2D eigenvalue weighted by molar-refractivity contribution is 5.98. The molecule has 3 aromatic rings. The van der Waals surface area contributed by atoms with Crippen molar-refractivity contribution in [1.82, 2.24) is 26.3 Å². The van der Waals surface area contributed by atoms with Crippen LogP contribution in [-0.4, -0.2) is 70.3 Å². The molecule has 1 aromatic heterocycles. The molecule has 53 heavy (non-hydrogen) atoms. The number of hydrogen-bond donors (Lipinski definition) is 6. The minimum Gasteiger partial charge on any atom is -0.462 e. The molecule has 1 saturated carbocycles. The number of aromatic amines is 1. The van der Waals surface area contributed by atoms with Gasteiger partial charge < -0.3 is 36.7 Å². The summed E-state index contributed by atoms with van der Waals surface area (Å²) in [7, 11) is 0. The number of H-pyrrole nitrogens is 1. The molecule has 1 saturated heterocycles. The van der Waals surface area contributed by atoms with Gasteiger partial charge in [0.25, 0.3) is 0 Å². The van der Waals surface area contributed by atoms with Gasteiger partial charge in [0.1, 0.15) is 29.8 Å². The van der Waals surface area contributed by atoms with E-state index in [0.29, 0.717) is 12.8 Å². The molecule has 0 spiro atoms. The summed E-state index contributed by atoms with van der Waals surface area (Å²) in [6.07, 6.45) is 8.86. The van der Waals surface area contributed by atoms with Crippen molar-refractivity contribution >= 4 is 46.4 Å². The zero-order chi connectivity index (χ0) is 37.8. The van der Waals surface area contributed by atoms with Gasteiger partial charge in [-0.1, -0.05) is 74.2 Å². The van der Waals surface area contributed by atoms with Crippen LogP contribution in [-0.2, 0) is 46.3 Å². The number of para-hydroxylation sites is 1. The fraction of sp³-hybridized carbons (Fsp3) is 0.500. The second kappa shape index (κ2) is 18.5. The van der Waals surface area contributed by atoms with E-state index in [1.54, 1.807) is 31.2 Å². The topological polar surface area (TPSA) is 202 Å². The predicted molar refractivity (Wildman–Crippen MR) is 199 cm³/mol. The van der Waals surface area contributed by atoms with Gasteiger partial charge in [-0.3, -0.25) is 28.8 Å². The van der Waals surface area contributed by atoms with E-state index in [9.17, 15) is 28.8 Å². The zero-order valence-electron chi connectivity index (χ0n) is 30.4. The Morgan fingerprint density at radius 2 is 1.55 bits per heavy atom. The maximum atomic E-state index is 14.2. The van der Waals surface area contributed by atoms with E-state index in [-0.39, 0.29) is 37.7 Å². The first kappa shape index (κ1) is 39.0. The Labute approximate surface area is 309 Å². The molecule has 1 aliphatic carbocycles. The van der Waals surface area contributed by atoms with Crippen molar-refractivity contribution in [1.29, 1.82) is 0 Å². The van der Waals surface area contributed by atoms with Gasteiger partial charge in [-0.05, 0) is 62.6 Å². The molecule has 5 rings (SSSR count). The maximum Gasteiger partial charge on any atom is 0.308 e. The van der Waals surface area contributed by atoms with Crippen molar-refractivity contribution in [3.63, 3.8) is 0 Å². The third-order valence-electron chi connectivity index (χ3n) is 10.2. The molecule has 0 bridgehead atoms. The second-order valence-electron chi connectivity index (χ2n) is 14.6. The average Bonchev–Trinajstić information content (AvgIpc) is 3.54. The quantitative estimate of drug-likeness (QED) is 0.154. The molecule has 2 aromatic carbocycles. The van der Waals surface area contributed by atoms with Gasteiger partial charge in [0, 0.05) is 36.4 Å². The van der Waals surface area contributed by atoms with Crippen LogP contribution in [0.1, 0.15) is 95.1 Å². The number of esters is 1. The number of aromatic nitrogens is 1. The van der Waals surface area contributed by atoms with Crippen LogP contribution < -0.4 is 27.0 Å². The largest absolute Gasteiger partial charge is 0.462 e. The summed E-state index contributed by atoms with van der Waals surface area (Å²) in [5.74, 6) is -3.73. The highest BCUT2D eigenvalue weighted by Crippen LogP contribution is 2.24. The fourth-order valence-electron chi connectivity index (χ4n) is 7.19. The number of nitrogens with two attached hydrogens (primary N) is 1. The molecule has 284 valence electrons. The van der Waals surface area contributed by atoms with Gasteiger partial charge in [0.05, 0.1) is 6.42 Å². The molecule has 13 nitrogen and oxygen atoms in total. The molecule has 1 aliphatic heterocycles. The van der Waals surface area contributed by atoms with Gasteiger partial charge in [-0.2, -0.15) is 0 Å². The number of nitrogens with one attached hydrogen (secondary N) is 5. The summed E-state index contributed by atoms with van der Waals surface area (Å²) in [6.45, 7) is 1.64. The second-order valence-corrected chi connectivity index (χ2v) is 14.6. The Kier molecular flexibility index (Phi) is 13.6. The lowest BCUT2D eigenvalue weighted by atomic mass is 9.90. The minimum absolute atomic E-state index is 0.106. The molecule has 2 aliphatic rings. The van der Waals surface area contributed by atoms with Crippen molar-refractivity contribution in [2.24, 2.45) is 5.73 Å². The number of ether oxygens (including phenoxy) is 1. The average molecular weight is 729 g/mol. The molecular weight excluding hydrogens is 676 g/mol. The smallest absolute Gasteiger partial charge is 0.308 e. The van der Waals surface area contributed by atoms with Gasteiger partial charge in [-0.25, -0.2) is 0 Å². The van der Waals surface area contributed by atoms with Crippen LogP contribution in [0, 0.1) is 0 Å². The van der Waals surface area contributed by atoms with Crippen LogP contribution in [0.2, 0.25) is 0 Å². The number of carbonyl (C=O) groups is 6. The lowest BCUT2D eigenvalue weighted by Crippen LogP contribution is -2.62. The number of rotatable bonds is 12. The Bertz CT molecular complexity index is 1750. The Balaban J connectivity index is 1.36. The van der Waals surface area contributed by atoms with Gasteiger partial charge in [0.2, 0.25) is 29.5 Å². The van der Waals surface area contributed by atoms with Gasteiger partial charge in [-0.15, -0.1) is 0 Å². The first-order valence-electron chi connectivity index (χ1n) is 18.8. The molecule has 0 radical (unpaired) electrons. The standard InChI is InChI=1S/C40H52N6O7/c1-40(24-27-25-42-30-19-13-12-18-29(27)30)39(52)45-31(20-10-2-3-11-21-34(47)46-40)37(50)44-33(23-35(48)53-28-16-8-5-9-17-28)38(51)43-32(36(41)49)22-26-14-6-4-7-15-26/h4,6-7,12-15,18-19,25,28,31-33,42H,2-3,5,8-11,16-17,20-24H2,1H3,(H2,41,49)(H,43,51)(H,44,50)(H,45,52)(H,46,47)/t31-,32-,33-,40+/m0/s1. The van der Waals surface area contributed by atoms with Crippen LogP contribution in [0.4, 0.5) is 0 Å². The number of hydrogen-bond acceptors (Lipinski definition) is 7. The van der Waals surface area contributed by atoms with E-state index >= 15 is 0 Å². The van der Waals surface area contributed by atoms with E-state index in [0.717, 1.165) is 67.0 Å². The third kappa shape index (κ3) is 11.1. The van der Waals surface area contributed by atoms with Crippen molar-refractivity contribution in [3.05, 3.63) is 71.9 Å². The first-order valence-corrected chi connectivity index (χ1v) is 18.8. The lowest BCUT2D eigenvalue weighted by Gasteiger charge is -2.32. The summed E-state index contributed by atoms with van der Waals surface area (Å²) in [4.78, 5) is 84.0. The molecule has 13 heteroatoms. The van der Waals surface area contributed by atoms with Crippen LogP contribution in [0.5, 0.6) is 0 Å². The molecule has 2 fully saturated rings. The van der Waals surface area contributed by atoms with Crippen molar-refractivity contribution < 1.29 is 33.5 Å². The first-order chi connectivity index (χ1) is 25.5. The van der Waals surface area contributed by atoms with Crippen molar-refractivity contribution in [3.8, 4) is 0 Å². The van der Waals surface area contributed by atoms with E-state index < -0.39 is 59.7 Å². The number of fused-ring (bicyclic) bond motifs is 1. The van der Waals surface area contributed by atoms with Gasteiger partial charge in [0.15, 0.2) is 0 Å². The molecular formula is C40H52N6O7. The number of carbonyl (C=O) groups excluding carboxylic acids is 6. The SMILES string of the molecule is C[C@]1(Cc2c[nH]c3ccccc23)NC(=O)CCCCCC[C@@H](C(=O)N[C@@H](CC(=O)OC2CCCCC2)C(=O)N[C@@H](Cc2ccccc2)C(N)=O)NC1=O. The van der Waals surface area contributed by atoms with E-state index in [2.05, 4.69) is 26.3 Å². The van der Waals surface area contributed by atoms with E-state index in [1.165, 1.54) is 0 Å². The Hall–Kier alpha value is -5.20. The predicted octanol–water partition coefficient (Wildman–Crippen LogP) is 3.39. The molecule has 4 atom stereocenters. The molecule has 7 N–H and O–H groups in total. The van der Waals surface area contributed by atoms with Crippen molar-refractivity contribution in [2.75, 3.05) is 0 Å². The molecule has 2 heterocycles. The Morgan fingerprint density at radius 1 is 0.868 bits per heavy atom. The Morgan fingerprint density at radius 3 is 2.30 bits per heavy atom. The molecule has 5 amide bonds. The third-order valence-corrected chi connectivity index (χ3v) is 10.2. The van der Waals surface area contributed by atoms with Crippen LogP contribution in [0.3, 0.4) is 0 Å². The summed E-state index contributed by atoms with van der Waals surface area (Å²) in [5, 5.41) is 12.0. The summed E-state index contributed by atoms with van der Waals surface area (Å²) < 4.78 is 5.70. The van der Waals surface area contributed by atoms with Crippen LogP contribution in [0.15, 0.2) is 60.8 Å². The lowest BCUT2D eigenvalue weighted by molar-refractivity contribution is -0.152. The number of amides is 5. The van der Waals surface area contributed by atoms with Crippen molar-refractivity contribution in [2.45, 2.75) is 127 Å². The minimum atomic E-state index is -1.42. The monoisotopic (exact) mass is 728 g/mol. The fourth-order valence-corrected chi connectivity index (χ4v) is 7.19. The van der Waals surface area contributed by atoms with E-state index in [1.807, 2.05) is 36.5 Å². The number of primary amides is 1. The van der Waals surface area contributed by atoms with Gasteiger partial charge >= 0.3 is 5.97 Å². The maximum absolute atomic E-state index is 14.2. The van der Waals surface area contributed by atoms with Crippen LogP contribution in [0.25, 0.3) is 10.9 Å². The zero-order valence-corrected chi connectivity index (χ0v) is 30.4. The van der Waals surface area contributed by atoms with Crippen LogP contribution >= 0.6 is 0 Å². The summed E-state index contributed by atoms with van der Waals surface area (Å²) >= 11 is 0.